The number of amides is 1. The molecule has 4 aromatic carbocycles. The number of nitrogens with zero attached hydrogens (tertiary/aromatic N) is 3. The molecule has 1 amide bonds. The number of halogens is 3. The lowest BCUT2D eigenvalue weighted by molar-refractivity contribution is -0.156. The van der Waals surface area contributed by atoms with Gasteiger partial charge in [-0.2, -0.15) is 13.2 Å². The lowest BCUT2D eigenvalue weighted by atomic mass is 9.98. The van der Waals surface area contributed by atoms with E-state index in [1.807, 2.05) is 20.8 Å². The number of alkyl halides is 3. The van der Waals surface area contributed by atoms with E-state index in [1.54, 1.807) is 87.5 Å². The molecule has 0 bridgehead atoms. The number of ketones is 1. The van der Waals surface area contributed by atoms with E-state index in [9.17, 15) is 41.9 Å². The summed E-state index contributed by atoms with van der Waals surface area (Å²) >= 11 is 0. The molecule has 0 atom stereocenters. The summed E-state index contributed by atoms with van der Waals surface area (Å²) < 4.78 is 79.0. The molecule has 0 aliphatic rings. The van der Waals surface area contributed by atoms with Gasteiger partial charge in [0.1, 0.15) is 46.5 Å². The molecule has 6 rings (SSSR count). The zero-order valence-electron chi connectivity index (χ0n) is 53.1. The van der Waals surface area contributed by atoms with Gasteiger partial charge in [0.05, 0.1) is 73.9 Å². The Kier molecular flexibility index (Phi) is 28.9. The summed E-state index contributed by atoms with van der Waals surface area (Å²) in [7, 11) is 1.27. The first-order valence-electron chi connectivity index (χ1n) is 30.4. The number of benzene rings is 4. The normalized spacial score (nSPS) is 11.3. The Morgan fingerprint density at radius 3 is 1.44 bits per heavy atom. The third-order valence-electron chi connectivity index (χ3n) is 13.3. The molecule has 6 aromatic rings. The van der Waals surface area contributed by atoms with Crippen molar-refractivity contribution in [1.29, 1.82) is 0 Å². The predicted molar refractivity (Wildman–Crippen MR) is 335 cm³/mol. The van der Waals surface area contributed by atoms with Crippen LogP contribution >= 0.6 is 0 Å². The van der Waals surface area contributed by atoms with Gasteiger partial charge in [-0.05, 0) is 163 Å². The number of hydrogen-bond acceptors (Lipinski definition) is 16. The summed E-state index contributed by atoms with van der Waals surface area (Å²) in [6.45, 7) is 16.2. The summed E-state index contributed by atoms with van der Waals surface area (Å²) in [5.41, 5.74) is -0.0232. The highest BCUT2D eigenvalue weighted by Crippen LogP contribution is 2.35. The fraction of sp³-hybridized carbons (Fsp3) is 0.429. The average Bonchev–Trinajstić information content (AvgIpc) is 1.28. The van der Waals surface area contributed by atoms with Crippen LogP contribution in [0.5, 0.6) is 28.7 Å². The topological polar surface area (TPSA) is 208 Å². The summed E-state index contributed by atoms with van der Waals surface area (Å²) in [5, 5.41) is 2.99. The zero-order valence-corrected chi connectivity index (χ0v) is 53.1. The number of methoxy groups -OCH3 is 1. The molecule has 20 heteroatoms. The Balaban J connectivity index is 0.000000378. The standard InChI is InChI=1S/C44H49F3N2O8.C26H36N2O5/c1-6-7-8-9-10-25-55-35-20-16-33(17-21-35)42(53)56-37-23-19-34(48-27-37)28-49(29-40(51)57-43(2,3)4)41(52)32-13-11-31(12-14-32)39(50)24-18-30-15-22-36(54-5)26-38(30)44(45,46)47;1-5-6-7-8-9-16-31-22-13-10-20(11-14-22)25(30)32-23-15-12-21(28-18-23)17-27-19-24(29)33-26(2,3)4/h11-17,19-23,26-27H,6-10,18,24-25,28-29H2,1-5H3;10-15,18,27H,5-9,16-17,19H2,1-4H3. The number of carbonyl (C=O) groups is 6. The first-order valence-corrected chi connectivity index (χ1v) is 30.4. The highest BCUT2D eigenvalue weighted by atomic mass is 19.4. The van der Waals surface area contributed by atoms with E-state index < -0.39 is 59.1 Å². The predicted octanol–water partition coefficient (Wildman–Crippen LogP) is 14.6. The van der Waals surface area contributed by atoms with E-state index in [1.165, 1.54) is 112 Å². The van der Waals surface area contributed by atoms with Gasteiger partial charge in [-0.15, -0.1) is 0 Å². The van der Waals surface area contributed by atoms with Crippen molar-refractivity contribution >= 4 is 35.6 Å². The van der Waals surface area contributed by atoms with E-state index in [0.29, 0.717) is 48.1 Å². The first kappa shape index (κ1) is 72.1. The van der Waals surface area contributed by atoms with Gasteiger partial charge in [0, 0.05) is 24.1 Å². The van der Waals surface area contributed by atoms with Gasteiger partial charge in [0.25, 0.3) is 5.91 Å². The Bertz CT molecular complexity index is 3220. The van der Waals surface area contributed by atoms with Crippen molar-refractivity contribution in [1.82, 2.24) is 20.2 Å². The number of rotatable bonds is 32. The number of Topliss-reactive ketones (excluding diaryl/α,β-unsaturated/α-hetero) is 1. The van der Waals surface area contributed by atoms with Crippen molar-refractivity contribution < 1.29 is 75.1 Å². The largest absolute Gasteiger partial charge is 0.497 e. The van der Waals surface area contributed by atoms with Gasteiger partial charge in [0.2, 0.25) is 0 Å². The summed E-state index contributed by atoms with van der Waals surface area (Å²) in [6.07, 6.45) is 9.41. The van der Waals surface area contributed by atoms with Gasteiger partial charge in [-0.3, -0.25) is 29.1 Å². The fourth-order valence-electron chi connectivity index (χ4n) is 8.77. The molecular weight excluding hydrogens is 1160 g/mol. The number of nitrogens with one attached hydrogen (secondary N) is 1. The quantitative estimate of drug-likeness (QED) is 0.0237. The molecule has 484 valence electrons. The van der Waals surface area contributed by atoms with Crippen molar-refractivity contribution in [3.05, 3.63) is 172 Å². The molecule has 2 heterocycles. The van der Waals surface area contributed by atoms with Crippen LogP contribution < -0.4 is 29.0 Å². The van der Waals surface area contributed by atoms with Gasteiger partial charge in [-0.25, -0.2) is 9.59 Å². The van der Waals surface area contributed by atoms with Gasteiger partial charge >= 0.3 is 30.1 Å². The number of ether oxygens (including phenoxy) is 7. The molecule has 0 radical (unpaired) electrons. The van der Waals surface area contributed by atoms with Crippen LogP contribution in [0.25, 0.3) is 0 Å². The second-order valence-corrected chi connectivity index (χ2v) is 23.3. The molecule has 2 aromatic heterocycles. The molecule has 90 heavy (non-hydrogen) atoms. The number of aryl methyl sites for hydroxylation is 1. The van der Waals surface area contributed by atoms with E-state index in [4.69, 9.17) is 33.2 Å². The number of unbranched alkanes of at least 4 members (excludes halogenated alkanes) is 8. The number of aromatic nitrogens is 2. The van der Waals surface area contributed by atoms with E-state index >= 15 is 0 Å². The molecule has 0 unspecified atom stereocenters. The molecular formula is C70H85F3N4O13. The molecule has 0 saturated heterocycles. The van der Waals surface area contributed by atoms with E-state index in [-0.39, 0.29) is 60.1 Å². The third kappa shape index (κ3) is 26.6. The number of pyridine rings is 2. The molecule has 0 aliphatic heterocycles. The third-order valence-corrected chi connectivity index (χ3v) is 13.3. The van der Waals surface area contributed by atoms with Crippen molar-refractivity contribution in [3.8, 4) is 28.7 Å². The van der Waals surface area contributed by atoms with Crippen LogP contribution in [0.1, 0.15) is 190 Å². The Morgan fingerprint density at radius 1 is 0.522 bits per heavy atom. The number of carbonyl (C=O) groups excluding carboxylic acids is 6. The fourth-order valence-corrected chi connectivity index (χ4v) is 8.77. The van der Waals surface area contributed by atoms with Crippen molar-refractivity contribution in [2.24, 2.45) is 0 Å². The summed E-state index contributed by atoms with van der Waals surface area (Å²) in [6, 6.07) is 29.4. The van der Waals surface area contributed by atoms with Crippen LogP contribution in [0.15, 0.2) is 128 Å². The highest BCUT2D eigenvalue weighted by molar-refractivity contribution is 5.99. The smallest absolute Gasteiger partial charge is 0.416 e. The molecule has 17 nitrogen and oxygen atoms in total. The minimum Gasteiger partial charge on any atom is -0.497 e. The van der Waals surface area contributed by atoms with Crippen molar-refractivity contribution in [2.45, 2.75) is 163 Å². The SMILES string of the molecule is CCCCCCCOc1ccc(C(=O)Oc2ccc(CN(CC(=O)OC(C)(C)C)C(=O)c3ccc(C(=O)CCc4ccc(OC)cc4C(F)(F)F)cc3)nc2)cc1.CCCCCCCOc1ccc(C(=O)Oc2ccc(CNCC(=O)OC(C)(C)C)nc2)cc1. The van der Waals surface area contributed by atoms with Gasteiger partial charge in [0.15, 0.2) is 5.78 Å². The minimum atomic E-state index is -4.62. The van der Waals surface area contributed by atoms with Crippen LogP contribution in [0.2, 0.25) is 0 Å². The zero-order chi connectivity index (χ0) is 65.7. The minimum absolute atomic E-state index is 0.0415. The summed E-state index contributed by atoms with van der Waals surface area (Å²) in [5.74, 6) is -1.03. The van der Waals surface area contributed by atoms with Gasteiger partial charge < -0.3 is 43.4 Å². The number of esters is 4. The monoisotopic (exact) mass is 1250 g/mol. The maximum absolute atomic E-state index is 13.7. The molecule has 0 saturated carbocycles. The molecule has 0 aliphatic carbocycles. The van der Waals surface area contributed by atoms with Crippen LogP contribution in [-0.2, 0) is 44.7 Å². The van der Waals surface area contributed by atoms with Crippen LogP contribution in [0.3, 0.4) is 0 Å². The van der Waals surface area contributed by atoms with Gasteiger partial charge in [-0.1, -0.05) is 83.4 Å². The molecule has 1 N–H and O–H groups in total. The maximum Gasteiger partial charge on any atom is 0.416 e. The van der Waals surface area contributed by atoms with Crippen molar-refractivity contribution in [3.63, 3.8) is 0 Å². The van der Waals surface area contributed by atoms with E-state index in [0.717, 1.165) is 36.8 Å². The Labute approximate surface area is 526 Å². The van der Waals surface area contributed by atoms with Crippen LogP contribution in [0.4, 0.5) is 13.2 Å². The second kappa shape index (κ2) is 36.1. The second-order valence-electron chi connectivity index (χ2n) is 23.3. The number of hydrogen-bond donors (Lipinski definition) is 1. The lowest BCUT2D eigenvalue weighted by Crippen LogP contribution is -2.38. The molecule has 0 spiro atoms. The van der Waals surface area contributed by atoms with E-state index in [2.05, 4.69) is 29.1 Å². The Morgan fingerprint density at radius 2 is 0.978 bits per heavy atom. The maximum atomic E-state index is 13.7. The molecule has 0 fully saturated rings. The average molecular weight is 1250 g/mol. The Hall–Kier alpha value is -8.65. The van der Waals surface area contributed by atoms with Crippen molar-refractivity contribution in [2.75, 3.05) is 33.4 Å². The lowest BCUT2D eigenvalue weighted by Gasteiger charge is -2.25. The van der Waals surface area contributed by atoms with Crippen LogP contribution in [0, 0.1) is 0 Å². The van der Waals surface area contributed by atoms with Crippen LogP contribution in [-0.4, -0.2) is 95.1 Å². The first-order chi connectivity index (χ1) is 42.8. The highest BCUT2D eigenvalue weighted by Gasteiger charge is 2.34. The summed E-state index contributed by atoms with van der Waals surface area (Å²) in [4.78, 5) is 86.3.